The Balaban J connectivity index is 2.50. The first-order valence-electron chi connectivity index (χ1n) is 5.38. The first-order chi connectivity index (χ1) is 8.97. The quantitative estimate of drug-likeness (QED) is 0.729. The van der Waals surface area contributed by atoms with Gasteiger partial charge >= 0.3 is 5.97 Å². The lowest BCUT2D eigenvalue weighted by Crippen LogP contribution is -2.27. The number of carbonyl (C=O) groups is 2. The molecule has 8 heteroatoms. The molecule has 0 aliphatic rings. The second-order valence-electron chi connectivity index (χ2n) is 3.54. The van der Waals surface area contributed by atoms with Gasteiger partial charge in [-0.3, -0.25) is 4.79 Å². The number of aryl methyl sites for hydroxylation is 1. The molecule has 6 nitrogen and oxygen atoms in total. The van der Waals surface area contributed by atoms with Crippen LogP contribution in [0, 0.1) is 6.92 Å². The SMILES string of the molecule is COc1c(C(=O)NCCOCC(=O)O)sc(C)c1Br. The minimum absolute atomic E-state index is 0.145. The number of methoxy groups -OCH3 is 1. The monoisotopic (exact) mass is 351 g/mol. The molecular weight excluding hydrogens is 338 g/mol. The summed E-state index contributed by atoms with van der Waals surface area (Å²) in [6.07, 6.45) is 0. The number of carboxylic acids is 1. The molecule has 0 atom stereocenters. The molecule has 1 aromatic heterocycles. The summed E-state index contributed by atoms with van der Waals surface area (Å²) in [6, 6.07) is 0. The molecule has 2 N–H and O–H groups in total. The Kier molecular flexibility index (Phi) is 6.26. The van der Waals surface area contributed by atoms with Crippen LogP contribution in [0.3, 0.4) is 0 Å². The highest BCUT2D eigenvalue weighted by Gasteiger charge is 2.20. The maximum Gasteiger partial charge on any atom is 0.329 e. The fourth-order valence-electron chi connectivity index (χ4n) is 1.31. The summed E-state index contributed by atoms with van der Waals surface area (Å²) >= 11 is 4.68. The van der Waals surface area contributed by atoms with Crippen molar-refractivity contribution in [2.45, 2.75) is 6.92 Å². The van der Waals surface area contributed by atoms with Crippen LogP contribution in [0.5, 0.6) is 5.75 Å². The van der Waals surface area contributed by atoms with Crippen molar-refractivity contribution < 1.29 is 24.2 Å². The van der Waals surface area contributed by atoms with Crippen molar-refractivity contribution in [2.75, 3.05) is 26.9 Å². The summed E-state index contributed by atoms with van der Waals surface area (Å²) in [4.78, 5) is 23.5. The molecule has 106 valence electrons. The number of amides is 1. The van der Waals surface area contributed by atoms with Crippen LogP contribution >= 0.6 is 27.3 Å². The highest BCUT2D eigenvalue weighted by molar-refractivity contribution is 9.10. The Morgan fingerprint density at radius 3 is 2.74 bits per heavy atom. The average molecular weight is 352 g/mol. The lowest BCUT2D eigenvalue weighted by Gasteiger charge is -2.05. The molecule has 1 aromatic rings. The number of rotatable bonds is 7. The Morgan fingerprint density at radius 2 is 2.16 bits per heavy atom. The predicted octanol–water partition coefficient (Wildman–Crippen LogP) is 1.66. The van der Waals surface area contributed by atoms with E-state index < -0.39 is 5.97 Å². The normalized spacial score (nSPS) is 10.3. The van der Waals surface area contributed by atoms with Crippen LogP contribution in [0.1, 0.15) is 14.5 Å². The van der Waals surface area contributed by atoms with E-state index in [9.17, 15) is 9.59 Å². The lowest BCUT2D eigenvalue weighted by atomic mass is 10.3. The Morgan fingerprint density at radius 1 is 1.47 bits per heavy atom. The molecule has 0 spiro atoms. The van der Waals surface area contributed by atoms with Crippen molar-refractivity contribution in [2.24, 2.45) is 0 Å². The van der Waals surface area contributed by atoms with Crippen LogP contribution in [0.4, 0.5) is 0 Å². The lowest BCUT2D eigenvalue weighted by molar-refractivity contribution is -0.142. The van der Waals surface area contributed by atoms with Gasteiger partial charge in [-0.15, -0.1) is 11.3 Å². The van der Waals surface area contributed by atoms with Gasteiger partial charge in [0.15, 0.2) is 5.75 Å². The van der Waals surface area contributed by atoms with Crippen LogP contribution < -0.4 is 10.1 Å². The third-order valence-electron chi connectivity index (χ3n) is 2.14. The number of nitrogens with one attached hydrogen (secondary N) is 1. The number of aliphatic carboxylic acids is 1. The van der Waals surface area contributed by atoms with Crippen LogP contribution in [0.2, 0.25) is 0 Å². The van der Waals surface area contributed by atoms with Gasteiger partial charge in [-0.25, -0.2) is 4.79 Å². The Bertz CT molecular complexity index is 474. The molecule has 0 aromatic carbocycles. The first kappa shape index (κ1) is 15.9. The van der Waals surface area contributed by atoms with Crippen molar-refractivity contribution in [1.29, 1.82) is 0 Å². The number of carbonyl (C=O) groups excluding carboxylic acids is 1. The van der Waals surface area contributed by atoms with Gasteiger partial charge in [-0.05, 0) is 22.9 Å². The molecule has 0 saturated carbocycles. The average Bonchev–Trinajstić information content (AvgIpc) is 2.64. The van der Waals surface area contributed by atoms with E-state index in [1.54, 1.807) is 0 Å². The number of carboxylic acid groups (broad SMARTS) is 1. The summed E-state index contributed by atoms with van der Waals surface area (Å²) in [5.74, 6) is -0.799. The second-order valence-corrected chi connectivity index (χ2v) is 5.55. The van der Waals surface area contributed by atoms with E-state index in [0.29, 0.717) is 10.6 Å². The largest absolute Gasteiger partial charge is 0.494 e. The van der Waals surface area contributed by atoms with Crippen LogP contribution in [-0.2, 0) is 9.53 Å². The van der Waals surface area contributed by atoms with Crippen LogP contribution in [0.25, 0.3) is 0 Å². The molecular formula is C11H14BrNO5S. The highest BCUT2D eigenvalue weighted by Crippen LogP contribution is 2.38. The fraction of sp³-hybridized carbons (Fsp3) is 0.455. The molecule has 1 rings (SSSR count). The third-order valence-corrected chi connectivity index (χ3v) is 4.44. The number of ether oxygens (including phenoxy) is 2. The van der Waals surface area contributed by atoms with Crippen molar-refractivity contribution in [3.63, 3.8) is 0 Å². The molecule has 1 amide bonds. The van der Waals surface area contributed by atoms with Gasteiger partial charge < -0.3 is 19.9 Å². The van der Waals surface area contributed by atoms with Crippen LogP contribution in [-0.4, -0.2) is 43.9 Å². The zero-order chi connectivity index (χ0) is 14.4. The zero-order valence-electron chi connectivity index (χ0n) is 10.5. The number of hydrogen-bond donors (Lipinski definition) is 2. The zero-order valence-corrected chi connectivity index (χ0v) is 12.9. The summed E-state index contributed by atoms with van der Waals surface area (Å²) in [7, 11) is 1.50. The maximum atomic E-state index is 11.9. The molecule has 0 aliphatic heterocycles. The predicted molar refractivity (Wildman–Crippen MR) is 74.1 cm³/mol. The molecule has 0 saturated heterocycles. The maximum absolute atomic E-state index is 11.9. The molecule has 0 radical (unpaired) electrons. The molecule has 0 bridgehead atoms. The minimum Gasteiger partial charge on any atom is -0.494 e. The minimum atomic E-state index is -1.04. The summed E-state index contributed by atoms with van der Waals surface area (Å²) < 4.78 is 10.8. The number of halogens is 1. The van der Waals surface area contributed by atoms with E-state index >= 15 is 0 Å². The topological polar surface area (TPSA) is 84.9 Å². The van der Waals surface area contributed by atoms with Crippen molar-refractivity contribution in [1.82, 2.24) is 5.32 Å². The Hall–Kier alpha value is -1.12. The smallest absolute Gasteiger partial charge is 0.329 e. The van der Waals surface area contributed by atoms with Gasteiger partial charge in [0.1, 0.15) is 11.5 Å². The van der Waals surface area contributed by atoms with Gasteiger partial charge in [0.2, 0.25) is 0 Å². The van der Waals surface area contributed by atoms with Gasteiger partial charge in [0.25, 0.3) is 5.91 Å². The molecule has 1 heterocycles. The van der Waals surface area contributed by atoms with E-state index in [-0.39, 0.29) is 25.7 Å². The fourth-order valence-corrected chi connectivity index (χ4v) is 2.98. The molecule has 0 unspecified atom stereocenters. The van der Waals surface area contributed by atoms with Crippen molar-refractivity contribution in [3.8, 4) is 5.75 Å². The third kappa shape index (κ3) is 4.48. The van der Waals surface area contributed by atoms with Gasteiger partial charge in [-0.1, -0.05) is 0 Å². The molecule has 19 heavy (non-hydrogen) atoms. The van der Waals surface area contributed by atoms with Gasteiger partial charge in [0.05, 0.1) is 18.2 Å². The molecule has 0 fully saturated rings. The molecule has 0 aliphatic carbocycles. The van der Waals surface area contributed by atoms with Gasteiger partial charge in [-0.2, -0.15) is 0 Å². The van der Waals surface area contributed by atoms with E-state index in [1.807, 2.05) is 6.92 Å². The van der Waals surface area contributed by atoms with E-state index in [4.69, 9.17) is 14.6 Å². The van der Waals surface area contributed by atoms with Crippen molar-refractivity contribution in [3.05, 3.63) is 14.2 Å². The standard InChI is InChI=1S/C11H14BrNO5S/c1-6-8(12)9(17-2)10(19-6)11(16)13-3-4-18-5-7(14)15/h3-5H2,1-2H3,(H,13,16)(H,14,15). The first-order valence-corrected chi connectivity index (χ1v) is 6.99. The van der Waals surface area contributed by atoms with E-state index in [0.717, 1.165) is 9.35 Å². The highest BCUT2D eigenvalue weighted by atomic mass is 79.9. The summed E-state index contributed by atoms with van der Waals surface area (Å²) in [6.45, 7) is 1.89. The summed E-state index contributed by atoms with van der Waals surface area (Å²) in [5.41, 5.74) is 0. The van der Waals surface area contributed by atoms with Crippen molar-refractivity contribution >= 4 is 39.1 Å². The van der Waals surface area contributed by atoms with E-state index in [1.165, 1.54) is 18.4 Å². The number of hydrogen-bond acceptors (Lipinski definition) is 5. The van der Waals surface area contributed by atoms with E-state index in [2.05, 4.69) is 21.2 Å². The summed E-state index contributed by atoms with van der Waals surface area (Å²) in [5, 5.41) is 11.0. The van der Waals surface area contributed by atoms with Crippen LogP contribution in [0.15, 0.2) is 4.47 Å². The number of thiophene rings is 1. The second kappa shape index (κ2) is 7.46. The van der Waals surface area contributed by atoms with Gasteiger partial charge in [0, 0.05) is 11.4 Å². The Labute approximate surface area is 122 Å².